The molecule has 0 spiro atoms. The summed E-state index contributed by atoms with van der Waals surface area (Å²) >= 11 is 0. The lowest BCUT2D eigenvalue weighted by molar-refractivity contribution is -0.145. The second-order valence-corrected chi connectivity index (χ2v) is 13.1. The van der Waals surface area contributed by atoms with Crippen molar-refractivity contribution < 1.29 is 9.90 Å². The first-order valence-corrected chi connectivity index (χ1v) is 16.2. The van der Waals surface area contributed by atoms with Gasteiger partial charge in [-0.1, -0.05) is 74.2 Å². The van der Waals surface area contributed by atoms with Crippen LogP contribution in [-0.2, 0) is 11.2 Å². The molecule has 2 saturated heterocycles. The molecule has 6 rings (SSSR count). The van der Waals surface area contributed by atoms with Crippen molar-refractivity contribution in [1.29, 1.82) is 0 Å². The Kier molecular flexibility index (Phi) is 9.32. The third-order valence-corrected chi connectivity index (χ3v) is 10.4. The molecule has 0 radical (unpaired) electrons. The topological polar surface area (TPSA) is 56.7 Å². The first-order chi connectivity index (χ1) is 20.1. The maximum Gasteiger partial charge on any atom is 0.321 e. The second-order valence-electron chi connectivity index (χ2n) is 13.1. The standard InChI is InChI=1S/C36H47N3O2/c40-36(41)35(30-14-5-2-6-15-30)39-25-32(33(26-39)29-12-3-1-4-13-29)24-38-20-18-27(19-21-38)10-9-11-28-22-31-16-7-8-17-34(31)37-23-28/h1,3-4,7-8,12-13,16-17,22-23,27,30,32-33,35H,2,5-6,9-11,14-15,18-21,24-26H2,(H,40,41)/t32-,33+,35+/m0/s1. The van der Waals surface area contributed by atoms with Crippen LogP contribution < -0.4 is 0 Å². The van der Waals surface area contributed by atoms with Crippen LogP contribution in [0.4, 0.5) is 0 Å². The molecule has 1 N–H and O–H groups in total. The number of fused-ring (bicyclic) bond motifs is 1. The maximum atomic E-state index is 12.5. The minimum absolute atomic E-state index is 0.303. The van der Waals surface area contributed by atoms with Crippen molar-refractivity contribution in [3.63, 3.8) is 0 Å². The van der Waals surface area contributed by atoms with Crippen LogP contribution in [-0.4, -0.2) is 64.6 Å². The van der Waals surface area contributed by atoms with Gasteiger partial charge in [0.2, 0.25) is 0 Å². The minimum atomic E-state index is -0.607. The Bertz CT molecular complexity index is 1270. The molecule has 2 aromatic carbocycles. The monoisotopic (exact) mass is 553 g/mol. The summed E-state index contributed by atoms with van der Waals surface area (Å²) in [6, 6.07) is 21.3. The number of nitrogens with zero attached hydrogens (tertiary/aromatic N) is 3. The molecule has 3 aliphatic rings. The third kappa shape index (κ3) is 7.01. The first-order valence-electron chi connectivity index (χ1n) is 16.2. The molecule has 0 amide bonds. The fourth-order valence-electron chi connectivity index (χ4n) is 8.14. The van der Waals surface area contributed by atoms with Crippen molar-refractivity contribution >= 4 is 16.9 Å². The summed E-state index contributed by atoms with van der Waals surface area (Å²) in [6.45, 7) is 5.22. The number of hydrogen-bond acceptors (Lipinski definition) is 4. The van der Waals surface area contributed by atoms with Crippen LogP contribution in [0.2, 0.25) is 0 Å². The van der Waals surface area contributed by atoms with E-state index in [-0.39, 0.29) is 6.04 Å². The van der Waals surface area contributed by atoms with Gasteiger partial charge in [0.05, 0.1) is 5.52 Å². The summed E-state index contributed by atoms with van der Waals surface area (Å²) in [5, 5.41) is 11.6. The highest BCUT2D eigenvalue weighted by atomic mass is 16.4. The number of carboxylic acids is 1. The largest absolute Gasteiger partial charge is 0.480 e. The molecule has 5 heteroatoms. The van der Waals surface area contributed by atoms with E-state index in [0.29, 0.717) is 17.8 Å². The zero-order valence-electron chi connectivity index (χ0n) is 24.5. The second kappa shape index (κ2) is 13.5. The van der Waals surface area contributed by atoms with Crippen LogP contribution in [0.25, 0.3) is 10.9 Å². The Labute approximate surface area is 246 Å². The average Bonchev–Trinajstić information content (AvgIpc) is 3.41. The van der Waals surface area contributed by atoms with E-state index < -0.39 is 5.97 Å². The first kappa shape index (κ1) is 28.4. The number of hydrogen-bond donors (Lipinski definition) is 1. The van der Waals surface area contributed by atoms with Crippen molar-refractivity contribution in [1.82, 2.24) is 14.8 Å². The number of aliphatic carboxylic acids is 1. The lowest BCUT2D eigenvalue weighted by Gasteiger charge is -2.35. The van der Waals surface area contributed by atoms with Crippen LogP contribution in [0.5, 0.6) is 0 Å². The predicted octanol–water partition coefficient (Wildman–Crippen LogP) is 7.02. The SMILES string of the molecule is O=C(O)[C@@H](C1CCCCC1)N1C[C@H](CN2CCC(CCCc3cnc4ccccc4c3)CC2)[C@@H](c2ccccc2)C1. The summed E-state index contributed by atoms with van der Waals surface area (Å²) in [5.41, 5.74) is 3.81. The van der Waals surface area contributed by atoms with Gasteiger partial charge in [0, 0.05) is 37.1 Å². The number of rotatable bonds is 10. The summed E-state index contributed by atoms with van der Waals surface area (Å²) in [4.78, 5) is 22.2. The molecule has 1 aliphatic carbocycles. The number of carbonyl (C=O) groups is 1. The summed E-state index contributed by atoms with van der Waals surface area (Å²) in [6.07, 6.45) is 14.0. The van der Waals surface area contributed by atoms with Crippen molar-refractivity contribution in [3.8, 4) is 0 Å². The van der Waals surface area contributed by atoms with Gasteiger partial charge in [-0.25, -0.2) is 0 Å². The van der Waals surface area contributed by atoms with Crippen molar-refractivity contribution in [2.24, 2.45) is 17.8 Å². The van der Waals surface area contributed by atoms with Crippen LogP contribution in [0.15, 0.2) is 66.9 Å². The number of para-hydroxylation sites is 1. The molecule has 0 unspecified atom stereocenters. The van der Waals surface area contributed by atoms with E-state index in [9.17, 15) is 9.90 Å². The molecule has 5 nitrogen and oxygen atoms in total. The van der Waals surface area contributed by atoms with Gasteiger partial charge < -0.3 is 10.0 Å². The molecule has 1 saturated carbocycles. The van der Waals surface area contributed by atoms with Crippen molar-refractivity contribution in [2.75, 3.05) is 32.7 Å². The molecule has 3 heterocycles. The van der Waals surface area contributed by atoms with Crippen molar-refractivity contribution in [2.45, 2.75) is 76.2 Å². The Morgan fingerprint density at radius 3 is 2.46 bits per heavy atom. The molecular formula is C36H47N3O2. The lowest BCUT2D eigenvalue weighted by Crippen LogP contribution is -2.46. The zero-order chi connectivity index (χ0) is 28.0. The highest BCUT2D eigenvalue weighted by molar-refractivity contribution is 5.78. The van der Waals surface area contributed by atoms with E-state index >= 15 is 0 Å². The summed E-state index contributed by atoms with van der Waals surface area (Å²) < 4.78 is 0. The van der Waals surface area contributed by atoms with Gasteiger partial charge in [0.1, 0.15) is 6.04 Å². The lowest BCUT2D eigenvalue weighted by atomic mass is 9.83. The Morgan fingerprint density at radius 2 is 1.68 bits per heavy atom. The molecule has 3 fully saturated rings. The van der Waals surface area contributed by atoms with E-state index in [4.69, 9.17) is 0 Å². The van der Waals surface area contributed by atoms with Crippen LogP contribution in [0.3, 0.4) is 0 Å². The summed E-state index contributed by atoms with van der Waals surface area (Å²) in [5.74, 6) is 1.41. The fourth-order valence-corrected chi connectivity index (χ4v) is 8.14. The Morgan fingerprint density at radius 1 is 0.927 bits per heavy atom. The van der Waals surface area contributed by atoms with Gasteiger partial charge in [-0.3, -0.25) is 14.7 Å². The average molecular weight is 554 g/mol. The fraction of sp³-hybridized carbons (Fsp3) is 0.556. The molecule has 0 bridgehead atoms. The van der Waals surface area contributed by atoms with Crippen LogP contribution in [0, 0.1) is 17.8 Å². The number of piperidine rings is 1. The Balaban J connectivity index is 1.03. The van der Waals surface area contributed by atoms with Crippen molar-refractivity contribution in [3.05, 3.63) is 78.0 Å². The van der Waals surface area contributed by atoms with Gasteiger partial charge in [0.15, 0.2) is 0 Å². The number of aryl methyl sites for hydroxylation is 1. The number of carboxylic acid groups (broad SMARTS) is 1. The molecule has 218 valence electrons. The third-order valence-electron chi connectivity index (χ3n) is 10.4. The molecule has 2 aliphatic heterocycles. The van der Waals surface area contributed by atoms with Gasteiger partial charge in [-0.15, -0.1) is 0 Å². The van der Waals surface area contributed by atoms with E-state index in [1.165, 1.54) is 74.5 Å². The number of pyridine rings is 1. The van der Waals surface area contributed by atoms with Gasteiger partial charge in [-0.05, 0) is 92.6 Å². The van der Waals surface area contributed by atoms with Crippen LogP contribution >= 0.6 is 0 Å². The Hall–Kier alpha value is -2.76. The molecule has 41 heavy (non-hydrogen) atoms. The van der Waals surface area contributed by atoms with E-state index in [1.807, 2.05) is 0 Å². The van der Waals surface area contributed by atoms with Crippen LogP contribution in [0.1, 0.15) is 74.8 Å². The molecule has 1 aromatic heterocycles. The normalized spacial score (nSPS) is 24.1. The van der Waals surface area contributed by atoms with Gasteiger partial charge >= 0.3 is 5.97 Å². The molecule has 3 aromatic rings. The quantitative estimate of drug-likeness (QED) is 0.292. The highest BCUT2D eigenvalue weighted by Gasteiger charge is 2.43. The smallest absolute Gasteiger partial charge is 0.321 e. The number of likely N-dealkylation sites (tertiary alicyclic amines) is 2. The minimum Gasteiger partial charge on any atom is -0.480 e. The van der Waals surface area contributed by atoms with Gasteiger partial charge in [0.25, 0.3) is 0 Å². The zero-order valence-corrected chi connectivity index (χ0v) is 24.5. The van der Waals surface area contributed by atoms with E-state index in [2.05, 4.69) is 81.6 Å². The maximum absolute atomic E-state index is 12.5. The number of aromatic nitrogens is 1. The summed E-state index contributed by atoms with van der Waals surface area (Å²) in [7, 11) is 0. The van der Waals surface area contributed by atoms with E-state index in [0.717, 1.165) is 50.3 Å². The van der Waals surface area contributed by atoms with Gasteiger partial charge in [-0.2, -0.15) is 0 Å². The predicted molar refractivity (Wildman–Crippen MR) is 166 cm³/mol. The van der Waals surface area contributed by atoms with E-state index in [1.54, 1.807) is 0 Å². The highest BCUT2D eigenvalue weighted by Crippen LogP contribution is 2.39. The number of benzene rings is 2. The molecule has 3 atom stereocenters. The molecular weight excluding hydrogens is 506 g/mol.